The second-order valence-electron chi connectivity index (χ2n) is 4.40. The fraction of sp³-hybridized carbons (Fsp3) is 0.308. The van der Waals surface area contributed by atoms with Gasteiger partial charge in [0.15, 0.2) is 0 Å². The molecule has 1 N–H and O–H groups in total. The molecule has 2 heterocycles. The summed E-state index contributed by atoms with van der Waals surface area (Å²) in [6.07, 6.45) is 0.645. The fourth-order valence-electron chi connectivity index (χ4n) is 2.19. The Labute approximate surface area is 98.3 Å². The van der Waals surface area contributed by atoms with Crippen LogP contribution in [0.25, 0.3) is 10.1 Å². The molecule has 2 nitrogen and oxygen atoms in total. The van der Waals surface area contributed by atoms with E-state index in [1.165, 1.54) is 20.5 Å². The van der Waals surface area contributed by atoms with E-state index >= 15 is 0 Å². The average Bonchev–Trinajstić information content (AvgIpc) is 2.83. The molecule has 0 bridgehead atoms. The number of benzene rings is 1. The van der Waals surface area contributed by atoms with Gasteiger partial charge >= 0.3 is 0 Å². The van der Waals surface area contributed by atoms with Gasteiger partial charge in [-0.2, -0.15) is 0 Å². The standard InChI is InChI=1S/C13H13NOS/c1-8-2-3-11-9(4-8)5-12(16-11)10-6-13(15)14-7-10/h2-5,10H,6-7H2,1H3,(H,14,15). The first-order valence-corrected chi connectivity index (χ1v) is 6.31. The summed E-state index contributed by atoms with van der Waals surface area (Å²) in [7, 11) is 0. The zero-order chi connectivity index (χ0) is 11.1. The van der Waals surface area contributed by atoms with Crippen molar-refractivity contribution in [2.75, 3.05) is 6.54 Å². The maximum Gasteiger partial charge on any atom is 0.220 e. The van der Waals surface area contributed by atoms with E-state index in [1.54, 1.807) is 0 Å². The summed E-state index contributed by atoms with van der Waals surface area (Å²) in [4.78, 5) is 12.5. The van der Waals surface area contributed by atoms with Gasteiger partial charge in [0, 0.05) is 28.5 Å². The van der Waals surface area contributed by atoms with Gasteiger partial charge in [-0.05, 0) is 24.4 Å². The van der Waals surface area contributed by atoms with Crippen molar-refractivity contribution < 1.29 is 4.79 Å². The lowest BCUT2D eigenvalue weighted by atomic mass is 10.1. The van der Waals surface area contributed by atoms with Crippen molar-refractivity contribution in [1.82, 2.24) is 5.32 Å². The van der Waals surface area contributed by atoms with Gasteiger partial charge in [0.05, 0.1) is 0 Å². The molecular formula is C13H13NOS. The number of thiophene rings is 1. The smallest absolute Gasteiger partial charge is 0.220 e. The van der Waals surface area contributed by atoms with E-state index in [1.807, 2.05) is 11.3 Å². The molecule has 1 aromatic heterocycles. The summed E-state index contributed by atoms with van der Waals surface area (Å²) in [5, 5.41) is 4.20. The van der Waals surface area contributed by atoms with Crippen molar-refractivity contribution in [2.24, 2.45) is 0 Å². The molecule has 1 fully saturated rings. The number of rotatable bonds is 1. The van der Waals surface area contributed by atoms with Crippen LogP contribution in [0.2, 0.25) is 0 Å². The molecule has 1 unspecified atom stereocenters. The van der Waals surface area contributed by atoms with Crippen LogP contribution in [0, 0.1) is 6.92 Å². The molecule has 0 spiro atoms. The first-order valence-electron chi connectivity index (χ1n) is 5.49. The lowest BCUT2D eigenvalue weighted by Gasteiger charge is -2.01. The minimum Gasteiger partial charge on any atom is -0.355 e. The maximum atomic E-state index is 11.2. The quantitative estimate of drug-likeness (QED) is 0.803. The molecule has 1 aromatic carbocycles. The highest BCUT2D eigenvalue weighted by atomic mass is 32.1. The van der Waals surface area contributed by atoms with Crippen LogP contribution in [0.5, 0.6) is 0 Å². The minimum atomic E-state index is 0.179. The number of hydrogen-bond acceptors (Lipinski definition) is 2. The molecule has 1 aliphatic rings. The summed E-state index contributed by atoms with van der Waals surface area (Å²) in [5.74, 6) is 0.559. The third-order valence-electron chi connectivity index (χ3n) is 3.07. The van der Waals surface area contributed by atoms with Crippen molar-refractivity contribution in [2.45, 2.75) is 19.3 Å². The van der Waals surface area contributed by atoms with Crippen LogP contribution >= 0.6 is 11.3 Å². The van der Waals surface area contributed by atoms with E-state index in [0.29, 0.717) is 12.3 Å². The average molecular weight is 231 g/mol. The molecule has 3 heteroatoms. The van der Waals surface area contributed by atoms with E-state index in [-0.39, 0.29) is 5.91 Å². The minimum absolute atomic E-state index is 0.179. The Bertz CT molecular complexity index is 558. The van der Waals surface area contributed by atoms with E-state index < -0.39 is 0 Å². The molecular weight excluding hydrogens is 218 g/mol. The Morgan fingerprint density at radius 1 is 1.38 bits per heavy atom. The molecule has 1 atom stereocenters. The van der Waals surface area contributed by atoms with Gasteiger partial charge in [-0.15, -0.1) is 11.3 Å². The summed E-state index contributed by atoms with van der Waals surface area (Å²) < 4.78 is 1.32. The SMILES string of the molecule is Cc1ccc2sc(C3CNC(=O)C3)cc2c1. The van der Waals surface area contributed by atoms with E-state index in [9.17, 15) is 4.79 Å². The van der Waals surface area contributed by atoms with Crippen LogP contribution in [0.15, 0.2) is 24.3 Å². The maximum absolute atomic E-state index is 11.2. The largest absolute Gasteiger partial charge is 0.355 e. The highest BCUT2D eigenvalue weighted by molar-refractivity contribution is 7.19. The van der Waals surface area contributed by atoms with Crippen molar-refractivity contribution >= 4 is 27.3 Å². The Balaban J connectivity index is 2.02. The molecule has 82 valence electrons. The number of hydrogen-bond donors (Lipinski definition) is 1. The third kappa shape index (κ3) is 1.61. The molecule has 1 saturated heterocycles. The van der Waals surface area contributed by atoms with Crippen LogP contribution in [0.1, 0.15) is 22.8 Å². The van der Waals surface area contributed by atoms with Gasteiger partial charge in [-0.1, -0.05) is 17.7 Å². The zero-order valence-corrected chi connectivity index (χ0v) is 9.93. The Kier molecular flexibility index (Phi) is 2.21. The van der Waals surface area contributed by atoms with Crippen LogP contribution in [0.4, 0.5) is 0 Å². The van der Waals surface area contributed by atoms with Gasteiger partial charge < -0.3 is 5.32 Å². The molecule has 1 aliphatic heterocycles. The number of nitrogens with one attached hydrogen (secondary N) is 1. The van der Waals surface area contributed by atoms with Crippen LogP contribution in [-0.2, 0) is 4.79 Å². The van der Waals surface area contributed by atoms with Crippen LogP contribution in [0.3, 0.4) is 0 Å². The second-order valence-corrected chi connectivity index (χ2v) is 5.51. The summed E-state index contributed by atoms with van der Waals surface area (Å²) in [5.41, 5.74) is 1.29. The summed E-state index contributed by atoms with van der Waals surface area (Å²) in [6.45, 7) is 2.90. The van der Waals surface area contributed by atoms with E-state index in [4.69, 9.17) is 0 Å². The molecule has 0 radical (unpaired) electrons. The molecule has 2 aromatic rings. The van der Waals surface area contributed by atoms with Crippen molar-refractivity contribution in [3.05, 3.63) is 34.7 Å². The van der Waals surface area contributed by atoms with Gasteiger partial charge in [0.2, 0.25) is 5.91 Å². The number of amides is 1. The van der Waals surface area contributed by atoms with Crippen molar-refractivity contribution in [1.29, 1.82) is 0 Å². The first kappa shape index (κ1) is 9.85. The number of fused-ring (bicyclic) bond motifs is 1. The van der Waals surface area contributed by atoms with Crippen molar-refractivity contribution in [3.63, 3.8) is 0 Å². The van der Waals surface area contributed by atoms with Gasteiger partial charge in [0.1, 0.15) is 0 Å². The Morgan fingerprint density at radius 2 is 2.25 bits per heavy atom. The van der Waals surface area contributed by atoms with E-state index in [2.05, 4.69) is 36.5 Å². The highest BCUT2D eigenvalue weighted by Gasteiger charge is 2.24. The highest BCUT2D eigenvalue weighted by Crippen LogP contribution is 2.34. The fourth-order valence-corrected chi connectivity index (χ4v) is 3.34. The van der Waals surface area contributed by atoms with Gasteiger partial charge in [-0.25, -0.2) is 0 Å². The van der Waals surface area contributed by atoms with Gasteiger partial charge in [-0.3, -0.25) is 4.79 Å². The third-order valence-corrected chi connectivity index (χ3v) is 4.35. The molecule has 1 amide bonds. The zero-order valence-electron chi connectivity index (χ0n) is 9.12. The number of carbonyl (C=O) groups excluding carboxylic acids is 1. The Morgan fingerprint density at radius 3 is 3.00 bits per heavy atom. The van der Waals surface area contributed by atoms with Crippen molar-refractivity contribution in [3.8, 4) is 0 Å². The van der Waals surface area contributed by atoms with Crippen LogP contribution in [-0.4, -0.2) is 12.5 Å². The molecule has 0 saturated carbocycles. The van der Waals surface area contributed by atoms with Crippen LogP contribution < -0.4 is 5.32 Å². The van der Waals surface area contributed by atoms with E-state index in [0.717, 1.165) is 6.54 Å². The predicted octanol–water partition coefficient (Wildman–Crippen LogP) is 2.81. The lowest BCUT2D eigenvalue weighted by molar-refractivity contribution is -0.119. The predicted molar refractivity (Wildman–Crippen MR) is 66.9 cm³/mol. The second kappa shape index (κ2) is 3.59. The normalized spacial score (nSPS) is 20.3. The summed E-state index contributed by atoms with van der Waals surface area (Å²) in [6, 6.07) is 8.75. The summed E-state index contributed by atoms with van der Waals surface area (Å²) >= 11 is 1.81. The molecule has 0 aliphatic carbocycles. The Hall–Kier alpha value is -1.35. The lowest BCUT2D eigenvalue weighted by Crippen LogP contribution is -2.13. The first-order chi connectivity index (χ1) is 7.72. The number of aryl methyl sites for hydroxylation is 1. The number of carbonyl (C=O) groups is 1. The molecule has 3 rings (SSSR count). The van der Waals surface area contributed by atoms with Gasteiger partial charge in [0.25, 0.3) is 0 Å². The topological polar surface area (TPSA) is 29.1 Å². The monoisotopic (exact) mass is 231 g/mol. The molecule has 16 heavy (non-hydrogen) atoms.